The number of rotatable bonds is 5. The average molecular weight is 580 g/mol. The van der Waals surface area contributed by atoms with E-state index >= 15 is 0 Å². The van der Waals surface area contributed by atoms with E-state index in [1.165, 1.54) is 22.8 Å². The van der Waals surface area contributed by atoms with E-state index in [9.17, 15) is 32.7 Å². The quantitative estimate of drug-likeness (QED) is 0.334. The van der Waals surface area contributed by atoms with Crippen molar-refractivity contribution in [2.75, 3.05) is 18.5 Å². The number of fused-ring (bicyclic) bond motifs is 2. The number of hydrogen-bond acceptors (Lipinski definition) is 9. The topological polar surface area (TPSA) is 180 Å². The Morgan fingerprint density at radius 1 is 1.20 bits per heavy atom. The van der Waals surface area contributed by atoms with Crippen LogP contribution in [0.1, 0.15) is 58.3 Å². The first-order valence-corrected chi connectivity index (χ1v) is 14.5. The highest BCUT2D eigenvalue weighted by molar-refractivity contribution is 7.96. The fourth-order valence-electron chi connectivity index (χ4n) is 5.52. The van der Waals surface area contributed by atoms with Gasteiger partial charge in [0, 0.05) is 24.7 Å². The van der Waals surface area contributed by atoms with Gasteiger partial charge < -0.3 is 14.6 Å². The number of nitrogens with one attached hydrogen (secondary N) is 2. The summed E-state index contributed by atoms with van der Waals surface area (Å²) in [6.07, 6.45) is 1.24. The van der Waals surface area contributed by atoms with Crippen LogP contribution in [0.25, 0.3) is 10.9 Å². The van der Waals surface area contributed by atoms with Gasteiger partial charge in [0.1, 0.15) is 17.4 Å². The van der Waals surface area contributed by atoms with E-state index in [0.29, 0.717) is 13.0 Å². The molecule has 41 heavy (non-hydrogen) atoms. The molecule has 1 aromatic heterocycles. The molecule has 2 N–H and O–H groups in total. The third kappa shape index (κ3) is 4.53. The molecule has 3 aliphatic rings. The van der Waals surface area contributed by atoms with Crippen molar-refractivity contribution in [2.45, 2.75) is 49.6 Å². The summed E-state index contributed by atoms with van der Waals surface area (Å²) in [6.45, 7) is 1.98. The van der Waals surface area contributed by atoms with Crippen molar-refractivity contribution in [3.05, 3.63) is 63.7 Å². The van der Waals surface area contributed by atoms with Crippen LogP contribution in [0.4, 0.5) is 5.69 Å². The number of imide groups is 1. The molecule has 2 fully saturated rings. The number of nitrogens with zero attached hydrogens (tertiary/aromatic N) is 3. The molecule has 3 unspecified atom stereocenters. The van der Waals surface area contributed by atoms with E-state index in [1.54, 1.807) is 19.1 Å². The fraction of sp³-hybridized carbons (Fsp3) is 0.333. The molecule has 3 atom stereocenters. The Bertz CT molecular complexity index is 1760. The summed E-state index contributed by atoms with van der Waals surface area (Å²) >= 11 is 0. The molecule has 0 aliphatic carbocycles. The molecule has 3 aliphatic heterocycles. The number of aryl methyl sites for hydroxylation is 1. The van der Waals surface area contributed by atoms with Crippen LogP contribution in [0.2, 0.25) is 0 Å². The van der Waals surface area contributed by atoms with Gasteiger partial charge in [0.25, 0.3) is 17.4 Å². The molecule has 2 aromatic carbocycles. The van der Waals surface area contributed by atoms with E-state index in [0.717, 1.165) is 16.8 Å². The number of carbonyl (C=O) groups excluding carboxylic acids is 4. The van der Waals surface area contributed by atoms with E-state index in [-0.39, 0.29) is 63.9 Å². The highest BCUT2D eigenvalue weighted by atomic mass is 32.3. The summed E-state index contributed by atoms with van der Waals surface area (Å²) in [5.74, 6) is -2.16. The van der Waals surface area contributed by atoms with Gasteiger partial charge in [-0.1, -0.05) is 10.3 Å². The van der Waals surface area contributed by atoms with Crippen molar-refractivity contribution in [3.8, 4) is 0 Å². The first kappa shape index (κ1) is 26.9. The van der Waals surface area contributed by atoms with Gasteiger partial charge in [-0.25, -0.2) is 4.98 Å². The predicted octanol–water partition coefficient (Wildman–Crippen LogP) is 1.47. The molecular weight excluding hydrogens is 554 g/mol. The Labute approximate surface area is 234 Å². The zero-order chi connectivity index (χ0) is 29.1. The van der Waals surface area contributed by atoms with Gasteiger partial charge in [0.05, 0.1) is 29.2 Å². The van der Waals surface area contributed by atoms with Crippen molar-refractivity contribution in [1.29, 1.82) is 0 Å². The van der Waals surface area contributed by atoms with Gasteiger partial charge in [0.2, 0.25) is 11.8 Å². The number of anilines is 1. The van der Waals surface area contributed by atoms with Crippen molar-refractivity contribution in [3.63, 3.8) is 0 Å². The normalized spacial score (nSPS) is 24.0. The molecule has 0 bridgehead atoms. The van der Waals surface area contributed by atoms with E-state index in [1.807, 2.05) is 0 Å². The summed E-state index contributed by atoms with van der Waals surface area (Å²) < 4.78 is 33.9. The molecule has 0 saturated carbocycles. The third-order valence-corrected chi connectivity index (χ3v) is 9.33. The van der Waals surface area contributed by atoms with E-state index in [4.69, 9.17) is 4.74 Å². The monoisotopic (exact) mass is 579 g/mol. The van der Waals surface area contributed by atoms with Crippen LogP contribution in [0.3, 0.4) is 0 Å². The van der Waals surface area contributed by atoms with Crippen molar-refractivity contribution in [2.24, 2.45) is 0 Å². The Kier molecular flexibility index (Phi) is 6.55. The maximum Gasteiger partial charge on any atom is 0.300 e. The van der Waals surface area contributed by atoms with Crippen LogP contribution in [0, 0.1) is 6.92 Å². The number of carbonyl (C=O) groups is 4. The Hall–Kier alpha value is -4.27. The second kappa shape index (κ2) is 9.98. The molecule has 4 heterocycles. The van der Waals surface area contributed by atoms with Crippen molar-refractivity contribution < 1.29 is 32.7 Å². The molecule has 6 rings (SSSR count). The molecule has 13 nitrogen and oxygen atoms in total. The van der Waals surface area contributed by atoms with E-state index < -0.39 is 45.6 Å². The molecule has 212 valence electrons. The summed E-state index contributed by atoms with van der Waals surface area (Å²) in [5, 5.41) is 4.93. The fourth-order valence-corrected chi connectivity index (χ4v) is 7.14. The third-order valence-electron chi connectivity index (χ3n) is 7.54. The minimum atomic E-state index is -4.19. The Morgan fingerprint density at radius 2 is 2.00 bits per heavy atom. The predicted molar refractivity (Wildman–Crippen MR) is 144 cm³/mol. The molecule has 0 radical (unpaired) electrons. The van der Waals surface area contributed by atoms with Gasteiger partial charge in [0.15, 0.2) is 15.3 Å². The van der Waals surface area contributed by atoms with Crippen LogP contribution >= 0.6 is 0 Å². The summed E-state index contributed by atoms with van der Waals surface area (Å²) in [5.41, 5.74) is -0.269. The zero-order valence-corrected chi connectivity index (χ0v) is 22.7. The van der Waals surface area contributed by atoms with Crippen LogP contribution in [-0.4, -0.2) is 61.3 Å². The maximum atomic E-state index is 13.6. The highest BCUT2D eigenvalue weighted by Gasteiger charge is 2.48. The average Bonchev–Trinajstić information content (AvgIpc) is 3.51. The number of benzene rings is 2. The lowest BCUT2D eigenvalue weighted by atomic mass is 10.0. The van der Waals surface area contributed by atoms with Crippen LogP contribution in [0.15, 0.2) is 46.1 Å². The number of piperidine rings is 1. The second-order valence-corrected chi connectivity index (χ2v) is 12.0. The Morgan fingerprint density at radius 3 is 2.73 bits per heavy atom. The lowest BCUT2D eigenvalue weighted by Crippen LogP contribution is -2.45. The minimum Gasteiger partial charge on any atom is -0.588 e. The van der Waals surface area contributed by atoms with Gasteiger partial charge in [-0.05, 0) is 50.5 Å². The maximum absolute atomic E-state index is 13.6. The summed E-state index contributed by atoms with van der Waals surface area (Å²) in [7, 11) is -4.19. The Balaban J connectivity index is 1.33. The van der Waals surface area contributed by atoms with Crippen LogP contribution in [0.5, 0.6) is 0 Å². The van der Waals surface area contributed by atoms with Crippen molar-refractivity contribution >= 4 is 50.6 Å². The summed E-state index contributed by atoms with van der Waals surface area (Å²) in [4.78, 5) is 68.1. The zero-order valence-electron chi connectivity index (χ0n) is 21.9. The smallest absolute Gasteiger partial charge is 0.300 e. The van der Waals surface area contributed by atoms with Gasteiger partial charge in [-0.15, -0.1) is 4.31 Å². The van der Waals surface area contributed by atoms with Gasteiger partial charge >= 0.3 is 0 Å². The van der Waals surface area contributed by atoms with Crippen molar-refractivity contribution in [1.82, 2.24) is 19.2 Å². The first-order valence-electron chi connectivity index (χ1n) is 13.1. The SMILES string of the molecule is Cc1nc2cccc(NC(=O)c3ccc4c(c3)[S+](=O)([O-])N(CC3CCCO3)C4=O)c2c(=O)n1C1CCC(=O)NC1=O. The molecule has 4 amide bonds. The molecule has 2 saturated heterocycles. The van der Waals surface area contributed by atoms with Crippen LogP contribution < -0.4 is 16.2 Å². The lowest BCUT2D eigenvalue weighted by Gasteiger charge is -2.24. The second-order valence-electron chi connectivity index (χ2n) is 10.1. The standard InChI is InChI=1S/C27H25N5O8S/c1-14-28-18-5-2-6-19(23(18)27(37)32(14)20-9-10-22(33)30-25(20)35)29-24(34)15-7-8-17-21(12-15)41(38,39)31(26(17)36)13-16-4-3-11-40-16/h2,5-8,12,16,20H,3-4,9-11,13H2,1H3,(H2-,29,30,33,34,35,37,38,39). The molecule has 14 heteroatoms. The number of amides is 4. The number of aromatic nitrogens is 2. The molecular formula is C27H25N5O8S. The van der Waals surface area contributed by atoms with Gasteiger partial charge in [-0.3, -0.25) is 33.9 Å². The number of sulfonamides is 1. The largest absolute Gasteiger partial charge is 0.588 e. The number of ether oxygens (including phenoxy) is 1. The molecule has 0 spiro atoms. The lowest BCUT2D eigenvalue weighted by molar-refractivity contribution is -0.135. The summed E-state index contributed by atoms with van der Waals surface area (Å²) in [6, 6.07) is 7.50. The number of hydrogen-bond donors (Lipinski definition) is 2. The first-order chi connectivity index (χ1) is 19.6. The molecule has 3 aromatic rings. The van der Waals surface area contributed by atoms with Gasteiger partial charge in [-0.2, -0.15) is 0 Å². The van der Waals surface area contributed by atoms with Crippen LogP contribution in [-0.2, 0) is 28.9 Å². The highest BCUT2D eigenvalue weighted by Crippen LogP contribution is 2.36. The van der Waals surface area contributed by atoms with E-state index in [2.05, 4.69) is 15.6 Å². The minimum absolute atomic E-state index is 0.0310.